The molecule has 4 aromatic carbocycles. The number of hydrogen-bond acceptors (Lipinski definition) is 9. The Bertz CT molecular complexity index is 2520. The van der Waals surface area contributed by atoms with E-state index in [1.165, 1.54) is 6.07 Å². The van der Waals surface area contributed by atoms with Crippen LogP contribution in [0.3, 0.4) is 0 Å². The van der Waals surface area contributed by atoms with Crippen LogP contribution in [0.5, 0.6) is 17.2 Å². The van der Waals surface area contributed by atoms with Crippen molar-refractivity contribution in [2.45, 2.75) is 0 Å². The molecule has 5 N–H and O–H groups in total. The summed E-state index contributed by atoms with van der Waals surface area (Å²) in [6.45, 7) is 0. The molecule has 7 aromatic rings. The second-order valence-corrected chi connectivity index (χ2v) is 10.3. The zero-order valence-electron chi connectivity index (χ0n) is 22.0. The van der Waals surface area contributed by atoms with Crippen LogP contribution in [0.2, 0.25) is 0 Å². The van der Waals surface area contributed by atoms with Crippen molar-refractivity contribution in [3.63, 3.8) is 0 Å². The molecule has 0 aliphatic carbocycles. The molecule has 0 amide bonds. The minimum Gasteiger partial charge on any atom is -0.504 e. The Labute approximate surface area is 240 Å². The highest BCUT2D eigenvalue weighted by Crippen LogP contribution is 2.44. The quantitative estimate of drug-likeness (QED) is 0.139. The fourth-order valence-electron chi connectivity index (χ4n) is 5.76. The highest BCUT2D eigenvalue weighted by Gasteiger charge is 2.23. The zero-order chi connectivity index (χ0) is 28.8. The van der Waals surface area contributed by atoms with Crippen LogP contribution < -0.4 is 0 Å². The van der Waals surface area contributed by atoms with Gasteiger partial charge in [-0.2, -0.15) is 0 Å². The molecule has 204 valence electrons. The van der Waals surface area contributed by atoms with E-state index in [0.717, 1.165) is 33.0 Å². The summed E-state index contributed by atoms with van der Waals surface area (Å²) < 4.78 is 0. The van der Waals surface area contributed by atoms with E-state index in [1.807, 2.05) is 72.8 Å². The van der Waals surface area contributed by atoms with Gasteiger partial charge in [-0.25, -0.2) is 29.9 Å². The molecular weight excluding hydrogens is 544 g/mol. The first kappa shape index (κ1) is 23.4. The molecule has 11 nitrogen and oxygen atoms in total. The summed E-state index contributed by atoms with van der Waals surface area (Å²) in [6, 6.07) is 24.4. The first-order chi connectivity index (χ1) is 21.0. The summed E-state index contributed by atoms with van der Waals surface area (Å²) in [5.74, 6) is -0.0602. The van der Waals surface area contributed by atoms with E-state index in [2.05, 4.69) is 9.97 Å². The van der Waals surface area contributed by atoms with E-state index < -0.39 is 17.2 Å². The predicted octanol–water partition coefficient (Wildman–Crippen LogP) is 5.99. The summed E-state index contributed by atoms with van der Waals surface area (Å²) >= 11 is 0. The van der Waals surface area contributed by atoms with E-state index in [0.29, 0.717) is 40.0 Å². The van der Waals surface area contributed by atoms with Gasteiger partial charge in [0, 0.05) is 38.4 Å². The second kappa shape index (κ2) is 8.33. The topological polar surface area (TPSA) is 170 Å². The molecule has 0 atom stereocenters. The fraction of sp³-hybridized carbons (Fsp3) is 0. The molecule has 0 fully saturated rings. The highest BCUT2D eigenvalue weighted by molar-refractivity contribution is 6.10. The number of nitrogens with one attached hydrogen (secondary N) is 2. The number of phenols is 3. The number of rotatable bonds is 0. The summed E-state index contributed by atoms with van der Waals surface area (Å²) in [5, 5.41) is 34.0. The standard InChI is InChI=1S/C32H18N8O3/c41-21-13-20-22(24(43)23(21)42)32-39-30-19-12-6-5-11-18(19)28(37-30)35-26-15-8-2-1-7-14(15)25(33-26)34-27-16-9-3-4-10-17(16)29(36-27)38-31(20)40-32/h1-13,41-43H,(H2,33,34,35,36,37,38,39,40). The molecular formula is C32H18N8O3. The first-order valence-electron chi connectivity index (χ1n) is 13.4. The lowest BCUT2D eigenvalue weighted by molar-refractivity contribution is 0.371. The maximum absolute atomic E-state index is 11.0. The molecule has 0 saturated heterocycles. The number of fused-ring (bicyclic) bond motifs is 20. The molecule has 0 saturated carbocycles. The SMILES string of the molecule is Oc1cc2c3nc4nc(nc5[nH]c(nc6nc(nc([nH]3)c2c(O)c1O)-c1ccccc1-6)c1ccccc51)-c1ccccc1-4. The summed E-state index contributed by atoms with van der Waals surface area (Å²) in [5.41, 5.74) is 4.71. The van der Waals surface area contributed by atoms with Crippen molar-refractivity contribution in [2.24, 2.45) is 0 Å². The Morgan fingerprint density at radius 2 is 0.814 bits per heavy atom. The molecule has 0 spiro atoms. The number of phenolic OH excluding ortho intramolecular Hbond substituents is 3. The van der Waals surface area contributed by atoms with Crippen LogP contribution in [0.15, 0.2) is 78.9 Å². The van der Waals surface area contributed by atoms with Gasteiger partial charge in [0.05, 0.1) is 5.39 Å². The normalized spacial score (nSPS) is 12.0. The number of aromatic hydroxyl groups is 3. The molecule has 5 heterocycles. The van der Waals surface area contributed by atoms with Gasteiger partial charge in [0.15, 0.2) is 34.8 Å². The molecule has 2 aliphatic heterocycles. The van der Waals surface area contributed by atoms with Gasteiger partial charge in [-0.05, 0) is 6.07 Å². The van der Waals surface area contributed by atoms with Crippen molar-refractivity contribution < 1.29 is 15.3 Å². The van der Waals surface area contributed by atoms with Crippen LogP contribution >= 0.6 is 0 Å². The summed E-state index contributed by atoms with van der Waals surface area (Å²) in [6.07, 6.45) is 0. The number of hydrogen-bond donors (Lipinski definition) is 5. The number of H-pyrrole nitrogens is 2. The van der Waals surface area contributed by atoms with Crippen molar-refractivity contribution in [1.29, 1.82) is 0 Å². The van der Waals surface area contributed by atoms with Gasteiger partial charge in [0.2, 0.25) is 5.75 Å². The number of nitrogens with zero attached hydrogens (tertiary/aromatic N) is 6. The predicted molar refractivity (Wildman–Crippen MR) is 161 cm³/mol. The molecule has 8 bridgehead atoms. The zero-order valence-corrected chi connectivity index (χ0v) is 22.0. The third-order valence-electron chi connectivity index (χ3n) is 7.77. The third kappa shape index (κ3) is 3.29. The van der Waals surface area contributed by atoms with E-state index in [4.69, 9.17) is 29.9 Å². The molecule has 2 aliphatic rings. The monoisotopic (exact) mass is 562 g/mol. The number of aromatic nitrogens is 8. The van der Waals surface area contributed by atoms with Crippen LogP contribution in [-0.4, -0.2) is 55.2 Å². The van der Waals surface area contributed by atoms with Gasteiger partial charge in [-0.3, -0.25) is 0 Å². The van der Waals surface area contributed by atoms with Crippen molar-refractivity contribution in [3.05, 3.63) is 78.9 Å². The average Bonchev–Trinajstić information content (AvgIpc) is 3.75. The minimum absolute atomic E-state index is 0.171. The van der Waals surface area contributed by atoms with E-state index in [9.17, 15) is 15.3 Å². The van der Waals surface area contributed by atoms with Crippen molar-refractivity contribution in [1.82, 2.24) is 39.9 Å². The van der Waals surface area contributed by atoms with Crippen molar-refractivity contribution >= 4 is 44.1 Å². The lowest BCUT2D eigenvalue weighted by Gasteiger charge is -2.02. The van der Waals surface area contributed by atoms with E-state index >= 15 is 0 Å². The summed E-state index contributed by atoms with van der Waals surface area (Å²) in [4.78, 5) is 35.6. The van der Waals surface area contributed by atoms with E-state index in [1.54, 1.807) is 0 Å². The van der Waals surface area contributed by atoms with Gasteiger partial charge < -0.3 is 25.3 Å². The average molecular weight is 563 g/mol. The van der Waals surface area contributed by atoms with Crippen LogP contribution in [0, 0.1) is 0 Å². The van der Waals surface area contributed by atoms with Crippen LogP contribution in [0.25, 0.3) is 89.7 Å². The Kier molecular flexibility index (Phi) is 4.53. The van der Waals surface area contributed by atoms with Gasteiger partial charge in [-0.15, -0.1) is 0 Å². The van der Waals surface area contributed by atoms with Crippen molar-refractivity contribution in [2.75, 3.05) is 0 Å². The molecule has 9 rings (SSSR count). The van der Waals surface area contributed by atoms with Gasteiger partial charge in [0.1, 0.15) is 22.6 Å². The number of aromatic amines is 2. The molecule has 0 unspecified atom stereocenters. The van der Waals surface area contributed by atoms with Gasteiger partial charge in [-0.1, -0.05) is 72.8 Å². The minimum atomic E-state index is -0.663. The maximum atomic E-state index is 11.0. The summed E-state index contributed by atoms with van der Waals surface area (Å²) in [7, 11) is 0. The fourth-order valence-corrected chi connectivity index (χ4v) is 5.76. The lowest BCUT2D eigenvalue weighted by Crippen LogP contribution is -1.83. The Balaban J connectivity index is 1.53. The lowest BCUT2D eigenvalue weighted by atomic mass is 10.1. The molecule has 43 heavy (non-hydrogen) atoms. The Hall–Kier alpha value is -6.36. The Morgan fingerprint density at radius 1 is 0.419 bits per heavy atom. The molecule has 3 aromatic heterocycles. The smallest absolute Gasteiger partial charge is 0.201 e. The second-order valence-electron chi connectivity index (χ2n) is 10.3. The van der Waals surface area contributed by atoms with E-state index in [-0.39, 0.29) is 16.7 Å². The number of benzene rings is 4. The van der Waals surface area contributed by atoms with Crippen LogP contribution in [0.4, 0.5) is 0 Å². The molecule has 0 radical (unpaired) electrons. The largest absolute Gasteiger partial charge is 0.504 e. The van der Waals surface area contributed by atoms with Crippen molar-refractivity contribution in [3.8, 4) is 62.8 Å². The third-order valence-corrected chi connectivity index (χ3v) is 7.77. The first-order valence-corrected chi connectivity index (χ1v) is 13.4. The Morgan fingerprint density at radius 3 is 1.30 bits per heavy atom. The highest BCUT2D eigenvalue weighted by atomic mass is 16.3. The van der Waals surface area contributed by atoms with Crippen LogP contribution in [-0.2, 0) is 0 Å². The molecule has 11 heteroatoms. The maximum Gasteiger partial charge on any atom is 0.201 e. The van der Waals surface area contributed by atoms with Crippen LogP contribution in [0.1, 0.15) is 0 Å². The van der Waals surface area contributed by atoms with Gasteiger partial charge >= 0.3 is 0 Å². The van der Waals surface area contributed by atoms with Gasteiger partial charge in [0.25, 0.3) is 0 Å².